The lowest BCUT2D eigenvalue weighted by atomic mass is 10.1. The summed E-state index contributed by atoms with van der Waals surface area (Å²) in [7, 11) is 0. The number of anilines is 1. The zero-order valence-electron chi connectivity index (χ0n) is 11.0. The third-order valence-electron chi connectivity index (χ3n) is 2.85. The van der Waals surface area contributed by atoms with Crippen molar-refractivity contribution in [1.29, 1.82) is 0 Å². The molecule has 20 heavy (non-hydrogen) atoms. The predicted molar refractivity (Wildman–Crippen MR) is 80.8 cm³/mol. The Bertz CT molecular complexity index is 567. The van der Waals surface area contributed by atoms with Gasteiger partial charge < -0.3 is 11.1 Å². The number of hydrogen-bond acceptors (Lipinski definition) is 3. The number of amides is 1. The molecule has 5 heteroatoms. The number of pyridine rings is 1. The van der Waals surface area contributed by atoms with Gasteiger partial charge in [0.15, 0.2) is 0 Å². The lowest BCUT2D eigenvalue weighted by Gasteiger charge is -2.06. The number of aromatic nitrogens is 1. The minimum atomic E-state index is -0.186. The van der Waals surface area contributed by atoms with E-state index in [1.54, 1.807) is 0 Å². The van der Waals surface area contributed by atoms with Gasteiger partial charge in [-0.25, -0.2) is 4.98 Å². The molecule has 0 fully saturated rings. The van der Waals surface area contributed by atoms with E-state index in [-0.39, 0.29) is 16.9 Å². The van der Waals surface area contributed by atoms with E-state index >= 15 is 0 Å². The number of nitrogens with one attached hydrogen (secondary N) is 1. The minimum absolute atomic E-state index is 0.186. The molecule has 104 valence electrons. The first-order chi connectivity index (χ1) is 9.65. The molecule has 0 atom stereocenters. The summed E-state index contributed by atoms with van der Waals surface area (Å²) in [6, 6.07) is 13.2. The standard InChI is InChI=1S/C15H16ClN3O/c16-13-9-12(10-14(17)19-13)15(20)18-8-4-7-11-5-2-1-3-6-11/h1-3,5-6,9-10H,4,7-8H2,(H2,17,19)(H,18,20). The van der Waals surface area contributed by atoms with Crippen molar-refractivity contribution in [3.8, 4) is 0 Å². The van der Waals surface area contributed by atoms with Gasteiger partial charge in [-0.1, -0.05) is 41.9 Å². The van der Waals surface area contributed by atoms with Gasteiger partial charge in [0, 0.05) is 12.1 Å². The Labute approximate surface area is 123 Å². The lowest BCUT2D eigenvalue weighted by molar-refractivity contribution is 0.0953. The van der Waals surface area contributed by atoms with Crippen molar-refractivity contribution >= 4 is 23.3 Å². The fourth-order valence-corrected chi connectivity index (χ4v) is 2.10. The number of nitrogens with two attached hydrogens (primary N) is 1. The monoisotopic (exact) mass is 289 g/mol. The summed E-state index contributed by atoms with van der Waals surface area (Å²) < 4.78 is 0. The molecule has 0 radical (unpaired) electrons. The fraction of sp³-hybridized carbons (Fsp3) is 0.200. The van der Waals surface area contributed by atoms with E-state index in [1.165, 1.54) is 17.7 Å². The average Bonchev–Trinajstić information content (AvgIpc) is 2.43. The molecular weight excluding hydrogens is 274 g/mol. The van der Waals surface area contributed by atoms with E-state index in [2.05, 4.69) is 22.4 Å². The molecule has 1 aromatic carbocycles. The van der Waals surface area contributed by atoms with Crippen LogP contribution in [-0.2, 0) is 6.42 Å². The van der Waals surface area contributed by atoms with Crippen molar-refractivity contribution in [3.63, 3.8) is 0 Å². The molecule has 0 aliphatic carbocycles. The molecule has 2 rings (SSSR count). The maximum atomic E-state index is 11.9. The van der Waals surface area contributed by atoms with Gasteiger partial charge in [0.25, 0.3) is 5.91 Å². The fourth-order valence-electron chi connectivity index (χ4n) is 1.89. The molecule has 0 spiro atoms. The molecule has 2 aromatic rings. The summed E-state index contributed by atoms with van der Waals surface area (Å²) in [6.45, 7) is 0.605. The molecule has 1 amide bonds. The summed E-state index contributed by atoms with van der Waals surface area (Å²) in [4.78, 5) is 15.7. The summed E-state index contributed by atoms with van der Waals surface area (Å²) in [5, 5.41) is 3.06. The highest BCUT2D eigenvalue weighted by Gasteiger charge is 2.07. The average molecular weight is 290 g/mol. The van der Waals surface area contributed by atoms with Crippen LogP contribution in [0, 0.1) is 0 Å². The number of nitrogen functional groups attached to an aromatic ring is 1. The van der Waals surface area contributed by atoms with Crippen LogP contribution in [0.15, 0.2) is 42.5 Å². The van der Waals surface area contributed by atoms with Gasteiger partial charge in [0.2, 0.25) is 0 Å². The first-order valence-electron chi connectivity index (χ1n) is 6.40. The second kappa shape index (κ2) is 6.91. The molecule has 0 unspecified atom stereocenters. The van der Waals surface area contributed by atoms with Crippen molar-refractivity contribution in [2.45, 2.75) is 12.8 Å². The first-order valence-corrected chi connectivity index (χ1v) is 6.78. The minimum Gasteiger partial charge on any atom is -0.384 e. The molecule has 1 heterocycles. The summed E-state index contributed by atoms with van der Waals surface area (Å²) in [5.74, 6) is 0.0565. The lowest BCUT2D eigenvalue weighted by Crippen LogP contribution is -2.25. The van der Waals surface area contributed by atoms with Crippen LogP contribution >= 0.6 is 11.6 Å². The highest BCUT2D eigenvalue weighted by Crippen LogP contribution is 2.12. The molecular formula is C15H16ClN3O. The number of halogens is 1. The molecule has 0 aliphatic heterocycles. The summed E-state index contributed by atoms with van der Waals surface area (Å²) >= 11 is 5.76. The highest BCUT2D eigenvalue weighted by atomic mass is 35.5. The number of carbonyl (C=O) groups excluding carboxylic acids is 1. The zero-order chi connectivity index (χ0) is 14.4. The van der Waals surface area contributed by atoms with Crippen molar-refractivity contribution in [2.75, 3.05) is 12.3 Å². The number of benzene rings is 1. The van der Waals surface area contributed by atoms with E-state index in [0.717, 1.165) is 12.8 Å². The van der Waals surface area contributed by atoms with Gasteiger partial charge in [0.1, 0.15) is 11.0 Å². The van der Waals surface area contributed by atoms with Crippen molar-refractivity contribution in [1.82, 2.24) is 10.3 Å². The van der Waals surface area contributed by atoms with E-state index in [1.807, 2.05) is 18.2 Å². The van der Waals surface area contributed by atoms with Gasteiger partial charge in [-0.05, 0) is 30.5 Å². The maximum absolute atomic E-state index is 11.9. The van der Waals surface area contributed by atoms with Gasteiger partial charge in [-0.3, -0.25) is 4.79 Å². The number of carbonyl (C=O) groups is 1. The summed E-state index contributed by atoms with van der Waals surface area (Å²) in [6.07, 6.45) is 1.81. The van der Waals surface area contributed by atoms with E-state index in [0.29, 0.717) is 12.1 Å². The van der Waals surface area contributed by atoms with E-state index in [9.17, 15) is 4.79 Å². The van der Waals surface area contributed by atoms with Gasteiger partial charge >= 0.3 is 0 Å². The summed E-state index contributed by atoms with van der Waals surface area (Å²) in [5.41, 5.74) is 7.25. The molecule has 0 aliphatic rings. The van der Waals surface area contributed by atoms with Crippen LogP contribution < -0.4 is 11.1 Å². The second-order valence-electron chi connectivity index (χ2n) is 4.45. The molecule has 1 aromatic heterocycles. The Kier molecular flexibility index (Phi) is 4.96. The maximum Gasteiger partial charge on any atom is 0.251 e. The van der Waals surface area contributed by atoms with Crippen molar-refractivity contribution in [3.05, 3.63) is 58.7 Å². The Hall–Kier alpha value is -2.07. The molecule has 0 bridgehead atoms. The largest absolute Gasteiger partial charge is 0.384 e. The van der Waals surface area contributed by atoms with Crippen molar-refractivity contribution in [2.24, 2.45) is 0 Å². The Morgan fingerprint density at radius 2 is 2.00 bits per heavy atom. The third kappa shape index (κ3) is 4.24. The zero-order valence-corrected chi connectivity index (χ0v) is 11.7. The number of nitrogens with zero attached hydrogens (tertiary/aromatic N) is 1. The second-order valence-corrected chi connectivity index (χ2v) is 4.84. The Balaban J connectivity index is 1.80. The quantitative estimate of drug-likeness (QED) is 0.657. The van der Waals surface area contributed by atoms with Gasteiger partial charge in [-0.2, -0.15) is 0 Å². The van der Waals surface area contributed by atoms with E-state index < -0.39 is 0 Å². The smallest absolute Gasteiger partial charge is 0.251 e. The number of aryl methyl sites for hydroxylation is 1. The van der Waals surface area contributed by atoms with Crippen LogP contribution in [-0.4, -0.2) is 17.4 Å². The molecule has 0 saturated heterocycles. The number of hydrogen-bond donors (Lipinski definition) is 2. The Morgan fingerprint density at radius 1 is 1.25 bits per heavy atom. The first kappa shape index (κ1) is 14.3. The predicted octanol–water partition coefficient (Wildman–Crippen LogP) is 2.68. The van der Waals surface area contributed by atoms with Crippen LogP contribution in [0.2, 0.25) is 5.15 Å². The van der Waals surface area contributed by atoms with Gasteiger partial charge in [0.05, 0.1) is 0 Å². The molecule has 3 N–H and O–H groups in total. The topological polar surface area (TPSA) is 68.0 Å². The Morgan fingerprint density at radius 3 is 2.70 bits per heavy atom. The molecule has 4 nitrogen and oxygen atoms in total. The number of rotatable bonds is 5. The van der Waals surface area contributed by atoms with Crippen LogP contribution in [0.3, 0.4) is 0 Å². The van der Waals surface area contributed by atoms with E-state index in [4.69, 9.17) is 17.3 Å². The van der Waals surface area contributed by atoms with Crippen LogP contribution in [0.5, 0.6) is 0 Å². The van der Waals surface area contributed by atoms with Crippen LogP contribution in [0.4, 0.5) is 5.82 Å². The van der Waals surface area contributed by atoms with Gasteiger partial charge in [-0.15, -0.1) is 0 Å². The molecule has 0 saturated carbocycles. The highest BCUT2D eigenvalue weighted by molar-refractivity contribution is 6.29. The SMILES string of the molecule is Nc1cc(C(=O)NCCCc2ccccc2)cc(Cl)n1. The van der Waals surface area contributed by atoms with Crippen molar-refractivity contribution < 1.29 is 4.79 Å². The normalized spacial score (nSPS) is 10.2. The van der Waals surface area contributed by atoms with Crippen LogP contribution in [0.25, 0.3) is 0 Å². The van der Waals surface area contributed by atoms with Crippen LogP contribution in [0.1, 0.15) is 22.3 Å². The third-order valence-corrected chi connectivity index (χ3v) is 3.04.